The number of carbonyl (C=O) groups is 3. The second-order valence-electron chi connectivity index (χ2n) is 7.28. The van der Waals surface area contributed by atoms with Gasteiger partial charge in [0, 0.05) is 44.8 Å². The van der Waals surface area contributed by atoms with Crippen molar-refractivity contribution in [3.05, 3.63) is 54.6 Å². The molecule has 2 aromatic rings. The van der Waals surface area contributed by atoms with E-state index in [2.05, 4.69) is 0 Å². The van der Waals surface area contributed by atoms with Gasteiger partial charge in [0.15, 0.2) is 0 Å². The molecule has 0 spiro atoms. The molecule has 2 saturated heterocycles. The summed E-state index contributed by atoms with van der Waals surface area (Å²) in [4.78, 5) is 41.2. The summed E-state index contributed by atoms with van der Waals surface area (Å²) in [6.07, 6.45) is 1.03. The summed E-state index contributed by atoms with van der Waals surface area (Å²) in [7, 11) is 0. The van der Waals surface area contributed by atoms with E-state index >= 15 is 0 Å². The topological polar surface area (TPSA) is 70.2 Å². The van der Waals surface area contributed by atoms with Gasteiger partial charge in [0.1, 0.15) is 11.5 Å². The third kappa shape index (κ3) is 4.23. The fraction of sp³-hybridized carbons (Fsp3) is 0.318. The van der Waals surface area contributed by atoms with E-state index in [1.54, 1.807) is 14.7 Å². The van der Waals surface area contributed by atoms with Crippen LogP contribution < -0.4 is 9.64 Å². The molecule has 7 nitrogen and oxygen atoms in total. The van der Waals surface area contributed by atoms with E-state index in [0.29, 0.717) is 38.5 Å². The third-order valence-electron chi connectivity index (χ3n) is 5.38. The average molecular weight is 393 g/mol. The number of para-hydroxylation sites is 1. The molecule has 150 valence electrons. The van der Waals surface area contributed by atoms with Crippen LogP contribution in [0.4, 0.5) is 5.69 Å². The molecule has 0 aliphatic carbocycles. The van der Waals surface area contributed by atoms with Gasteiger partial charge in [-0.2, -0.15) is 0 Å². The second kappa shape index (κ2) is 8.34. The van der Waals surface area contributed by atoms with Crippen molar-refractivity contribution in [2.45, 2.75) is 6.42 Å². The van der Waals surface area contributed by atoms with Gasteiger partial charge < -0.3 is 19.4 Å². The van der Waals surface area contributed by atoms with Crippen LogP contribution >= 0.6 is 0 Å². The molecular weight excluding hydrogens is 370 g/mol. The summed E-state index contributed by atoms with van der Waals surface area (Å²) in [6, 6.07) is 16.8. The number of benzene rings is 2. The largest absolute Gasteiger partial charge is 0.457 e. The second-order valence-corrected chi connectivity index (χ2v) is 7.28. The fourth-order valence-electron chi connectivity index (χ4n) is 3.75. The highest BCUT2D eigenvalue weighted by Crippen LogP contribution is 2.29. The van der Waals surface area contributed by atoms with Crippen LogP contribution in [0.5, 0.6) is 11.5 Å². The smallest absolute Gasteiger partial charge is 0.228 e. The molecule has 7 heteroatoms. The maximum atomic E-state index is 12.8. The van der Waals surface area contributed by atoms with Crippen molar-refractivity contribution in [2.24, 2.45) is 5.92 Å². The first kappa shape index (κ1) is 19.0. The van der Waals surface area contributed by atoms with Crippen molar-refractivity contribution in [2.75, 3.05) is 37.6 Å². The van der Waals surface area contributed by atoms with Crippen molar-refractivity contribution in [3.8, 4) is 11.5 Å². The average Bonchev–Trinajstić information content (AvgIpc) is 3.16. The Hall–Kier alpha value is -3.35. The van der Waals surface area contributed by atoms with Crippen molar-refractivity contribution in [1.82, 2.24) is 9.80 Å². The van der Waals surface area contributed by atoms with Crippen molar-refractivity contribution in [1.29, 1.82) is 0 Å². The maximum absolute atomic E-state index is 12.8. The molecule has 2 aliphatic heterocycles. The molecule has 0 bridgehead atoms. The number of hydrogen-bond donors (Lipinski definition) is 0. The van der Waals surface area contributed by atoms with Gasteiger partial charge in [0.2, 0.25) is 18.2 Å². The van der Waals surface area contributed by atoms with E-state index in [-0.39, 0.29) is 24.2 Å². The first-order valence-electron chi connectivity index (χ1n) is 9.75. The monoisotopic (exact) mass is 393 g/mol. The standard InChI is InChI=1S/C22H23N3O4/c26-16-23-10-12-24(13-11-23)22(28)17-14-21(27)25(15-17)18-6-8-20(9-7-18)29-19-4-2-1-3-5-19/h1-9,16-17H,10-15H2. The fourth-order valence-corrected chi connectivity index (χ4v) is 3.75. The highest BCUT2D eigenvalue weighted by atomic mass is 16.5. The Balaban J connectivity index is 1.37. The molecule has 2 aliphatic rings. The zero-order valence-corrected chi connectivity index (χ0v) is 16.1. The number of nitrogens with zero attached hydrogens (tertiary/aromatic N) is 3. The number of anilines is 1. The third-order valence-corrected chi connectivity index (χ3v) is 5.38. The molecule has 0 radical (unpaired) electrons. The van der Waals surface area contributed by atoms with Gasteiger partial charge >= 0.3 is 0 Å². The van der Waals surface area contributed by atoms with Crippen molar-refractivity contribution in [3.63, 3.8) is 0 Å². The predicted molar refractivity (Wildman–Crippen MR) is 108 cm³/mol. The zero-order chi connectivity index (χ0) is 20.2. The summed E-state index contributed by atoms with van der Waals surface area (Å²) >= 11 is 0. The Labute approximate surface area is 169 Å². The normalized spacial score (nSPS) is 19.4. The first-order valence-corrected chi connectivity index (χ1v) is 9.75. The highest BCUT2D eigenvalue weighted by molar-refractivity contribution is 6.00. The van der Waals surface area contributed by atoms with Gasteiger partial charge in [-0.1, -0.05) is 18.2 Å². The maximum Gasteiger partial charge on any atom is 0.228 e. The van der Waals surface area contributed by atoms with Gasteiger partial charge in [-0.3, -0.25) is 14.4 Å². The lowest BCUT2D eigenvalue weighted by Crippen LogP contribution is -2.50. The van der Waals surface area contributed by atoms with Crippen LogP contribution in [0.15, 0.2) is 54.6 Å². The number of piperazine rings is 1. The van der Waals surface area contributed by atoms with Gasteiger partial charge in [-0.05, 0) is 36.4 Å². The molecule has 29 heavy (non-hydrogen) atoms. The van der Waals surface area contributed by atoms with E-state index in [1.807, 2.05) is 54.6 Å². The summed E-state index contributed by atoms with van der Waals surface area (Å²) in [6.45, 7) is 2.51. The molecule has 1 unspecified atom stereocenters. The van der Waals surface area contributed by atoms with Crippen LogP contribution in [0.2, 0.25) is 0 Å². The molecule has 2 aromatic carbocycles. The lowest BCUT2D eigenvalue weighted by molar-refractivity contribution is -0.139. The summed E-state index contributed by atoms with van der Waals surface area (Å²) in [5.41, 5.74) is 0.761. The van der Waals surface area contributed by atoms with Crippen LogP contribution in [-0.2, 0) is 14.4 Å². The van der Waals surface area contributed by atoms with Gasteiger partial charge in [0.05, 0.1) is 5.92 Å². The number of ether oxygens (including phenoxy) is 1. The SMILES string of the molecule is O=CN1CCN(C(=O)C2CC(=O)N(c3ccc(Oc4ccccc4)cc3)C2)CC1. The zero-order valence-electron chi connectivity index (χ0n) is 16.1. The Morgan fingerprint density at radius 3 is 2.24 bits per heavy atom. The molecule has 0 aromatic heterocycles. The van der Waals surface area contributed by atoms with Crippen molar-refractivity contribution >= 4 is 23.9 Å². The van der Waals surface area contributed by atoms with Crippen molar-refractivity contribution < 1.29 is 19.1 Å². The van der Waals surface area contributed by atoms with Gasteiger partial charge in [-0.15, -0.1) is 0 Å². The summed E-state index contributed by atoms with van der Waals surface area (Å²) in [5, 5.41) is 0. The molecular formula is C22H23N3O4. The molecule has 1 atom stereocenters. The lowest BCUT2D eigenvalue weighted by Gasteiger charge is -2.33. The van der Waals surface area contributed by atoms with Crippen LogP contribution in [0, 0.1) is 5.92 Å². The molecule has 0 saturated carbocycles. The van der Waals surface area contributed by atoms with Crippen LogP contribution in [0.25, 0.3) is 0 Å². The number of amides is 3. The van der Waals surface area contributed by atoms with Gasteiger partial charge in [-0.25, -0.2) is 0 Å². The minimum atomic E-state index is -0.342. The van der Waals surface area contributed by atoms with E-state index in [1.165, 1.54) is 0 Å². The van der Waals surface area contributed by atoms with E-state index in [9.17, 15) is 14.4 Å². The minimum Gasteiger partial charge on any atom is -0.457 e. The Morgan fingerprint density at radius 2 is 1.59 bits per heavy atom. The first-order chi connectivity index (χ1) is 14.1. The molecule has 2 heterocycles. The van der Waals surface area contributed by atoms with Crippen LogP contribution in [-0.4, -0.2) is 60.7 Å². The molecule has 3 amide bonds. The Morgan fingerprint density at radius 1 is 0.931 bits per heavy atom. The molecule has 2 fully saturated rings. The predicted octanol–water partition coefficient (Wildman–Crippen LogP) is 2.13. The number of rotatable bonds is 5. The summed E-state index contributed by atoms with van der Waals surface area (Å²) < 4.78 is 5.79. The number of hydrogen-bond acceptors (Lipinski definition) is 4. The molecule has 4 rings (SSSR count). The quantitative estimate of drug-likeness (QED) is 0.730. The number of carbonyl (C=O) groups excluding carboxylic acids is 3. The van der Waals surface area contributed by atoms with E-state index in [4.69, 9.17) is 4.74 Å². The van der Waals surface area contributed by atoms with Crippen LogP contribution in [0.3, 0.4) is 0 Å². The Bertz CT molecular complexity index is 877. The Kier molecular flexibility index (Phi) is 5.46. The summed E-state index contributed by atoms with van der Waals surface area (Å²) in [5.74, 6) is 1.04. The van der Waals surface area contributed by atoms with Gasteiger partial charge in [0.25, 0.3) is 0 Å². The minimum absolute atomic E-state index is 0.00423. The van der Waals surface area contributed by atoms with E-state index in [0.717, 1.165) is 17.8 Å². The van der Waals surface area contributed by atoms with Crippen LogP contribution in [0.1, 0.15) is 6.42 Å². The van der Waals surface area contributed by atoms with E-state index < -0.39 is 0 Å². The lowest BCUT2D eigenvalue weighted by atomic mass is 10.1. The highest BCUT2D eigenvalue weighted by Gasteiger charge is 2.37. The molecule has 0 N–H and O–H groups in total.